The van der Waals surface area contributed by atoms with E-state index < -0.39 is 5.41 Å². The Bertz CT molecular complexity index is 876. The first-order chi connectivity index (χ1) is 12.2. The van der Waals surface area contributed by atoms with E-state index in [0.29, 0.717) is 5.13 Å². The molecule has 0 aliphatic heterocycles. The quantitative estimate of drug-likeness (QED) is 0.731. The summed E-state index contributed by atoms with van der Waals surface area (Å²) < 4.78 is 0. The zero-order chi connectivity index (χ0) is 17.3. The van der Waals surface area contributed by atoms with Crippen LogP contribution in [0.15, 0.2) is 66.2 Å². The lowest BCUT2D eigenvalue weighted by molar-refractivity contribution is -0.126. The second kappa shape index (κ2) is 6.45. The highest BCUT2D eigenvalue weighted by atomic mass is 32.1. The van der Waals surface area contributed by atoms with E-state index in [9.17, 15) is 4.79 Å². The molecule has 1 aliphatic carbocycles. The first kappa shape index (κ1) is 16.0. The van der Waals surface area contributed by atoms with Gasteiger partial charge in [0.2, 0.25) is 5.91 Å². The van der Waals surface area contributed by atoms with Gasteiger partial charge in [0.25, 0.3) is 0 Å². The van der Waals surface area contributed by atoms with Crippen LogP contribution < -0.4 is 5.32 Å². The molecule has 0 bridgehead atoms. The topological polar surface area (TPSA) is 42.0 Å². The summed E-state index contributed by atoms with van der Waals surface area (Å²) in [4.78, 5) is 17.6. The molecular formula is C21H20N2OS. The van der Waals surface area contributed by atoms with E-state index in [0.717, 1.165) is 12.8 Å². The van der Waals surface area contributed by atoms with Crippen molar-refractivity contribution in [3.8, 4) is 0 Å². The van der Waals surface area contributed by atoms with Gasteiger partial charge in [-0.3, -0.25) is 4.79 Å². The molecule has 1 aliphatic rings. The van der Waals surface area contributed by atoms with Crippen molar-refractivity contribution in [3.63, 3.8) is 0 Å². The normalized spacial score (nSPS) is 21.7. The van der Waals surface area contributed by atoms with Crippen LogP contribution in [0.3, 0.4) is 0 Å². The van der Waals surface area contributed by atoms with Crippen molar-refractivity contribution in [2.45, 2.75) is 25.7 Å². The third-order valence-electron chi connectivity index (χ3n) is 5.29. The van der Waals surface area contributed by atoms with Gasteiger partial charge in [0.15, 0.2) is 5.13 Å². The molecule has 1 amide bonds. The molecule has 4 heteroatoms. The number of nitrogens with one attached hydrogen (secondary N) is 1. The minimum atomic E-state index is -0.489. The number of nitrogens with zero attached hydrogens (tertiary/aromatic N) is 1. The lowest BCUT2D eigenvalue weighted by Crippen LogP contribution is -2.39. The van der Waals surface area contributed by atoms with Crippen LogP contribution in [-0.2, 0) is 11.2 Å². The number of anilines is 1. The number of carbonyl (C=O) groups excluding carboxylic acids is 1. The number of benzene rings is 2. The van der Waals surface area contributed by atoms with Gasteiger partial charge in [-0.05, 0) is 29.5 Å². The molecule has 0 saturated carbocycles. The van der Waals surface area contributed by atoms with Crippen LogP contribution in [0.1, 0.15) is 36.0 Å². The third kappa shape index (κ3) is 2.67. The fourth-order valence-electron chi connectivity index (χ4n) is 4.07. The highest BCUT2D eigenvalue weighted by molar-refractivity contribution is 7.13. The molecule has 0 radical (unpaired) electrons. The lowest BCUT2D eigenvalue weighted by Gasteiger charge is -2.33. The Labute approximate surface area is 151 Å². The molecular weight excluding hydrogens is 328 g/mol. The molecule has 2 atom stereocenters. The summed E-state index contributed by atoms with van der Waals surface area (Å²) >= 11 is 1.46. The number of hydrogen-bond acceptors (Lipinski definition) is 3. The van der Waals surface area contributed by atoms with Gasteiger partial charge in [-0.1, -0.05) is 61.5 Å². The van der Waals surface area contributed by atoms with Crippen LogP contribution in [0.25, 0.3) is 0 Å². The van der Waals surface area contributed by atoms with E-state index in [1.807, 2.05) is 11.4 Å². The fraction of sp³-hybridized carbons (Fsp3) is 0.238. The first-order valence-electron chi connectivity index (χ1n) is 8.58. The molecule has 0 unspecified atom stereocenters. The number of amides is 1. The van der Waals surface area contributed by atoms with Crippen molar-refractivity contribution < 1.29 is 4.79 Å². The molecule has 3 aromatic rings. The van der Waals surface area contributed by atoms with Crippen molar-refractivity contribution in [2.75, 3.05) is 5.32 Å². The fourth-order valence-corrected chi connectivity index (χ4v) is 4.59. The number of hydrogen-bond donors (Lipinski definition) is 1. The van der Waals surface area contributed by atoms with Gasteiger partial charge in [0.05, 0.1) is 5.41 Å². The molecule has 3 nitrogen and oxygen atoms in total. The molecule has 4 rings (SSSR count). The summed E-state index contributed by atoms with van der Waals surface area (Å²) in [6.07, 6.45) is 3.26. The third-order valence-corrected chi connectivity index (χ3v) is 5.98. The van der Waals surface area contributed by atoms with Crippen LogP contribution in [0.2, 0.25) is 0 Å². The molecule has 126 valence electrons. The Hall–Kier alpha value is -2.46. The predicted molar refractivity (Wildman–Crippen MR) is 102 cm³/mol. The number of thiazole rings is 1. The standard InChI is InChI=1S/C21H20N2OS/c1-2-21(19(24)23-20-22-12-13-25-20)14-16-10-6-7-11-17(16)18(21)15-8-4-3-5-9-15/h3-13,18H,2,14H2,1H3,(H,22,23,24)/t18-,21+/m0/s1. The summed E-state index contributed by atoms with van der Waals surface area (Å²) in [5.74, 6) is 0.130. The average Bonchev–Trinajstić information content (AvgIpc) is 3.28. The second-order valence-electron chi connectivity index (χ2n) is 6.52. The zero-order valence-corrected chi connectivity index (χ0v) is 14.9. The van der Waals surface area contributed by atoms with Crippen LogP contribution in [0, 0.1) is 5.41 Å². The largest absolute Gasteiger partial charge is 0.301 e. The van der Waals surface area contributed by atoms with Gasteiger partial charge in [-0.25, -0.2) is 4.98 Å². The van der Waals surface area contributed by atoms with Gasteiger partial charge >= 0.3 is 0 Å². The lowest BCUT2D eigenvalue weighted by atomic mass is 9.70. The van der Waals surface area contributed by atoms with Crippen molar-refractivity contribution in [2.24, 2.45) is 5.41 Å². The van der Waals surface area contributed by atoms with E-state index >= 15 is 0 Å². The Balaban J connectivity index is 1.81. The van der Waals surface area contributed by atoms with Crippen molar-refractivity contribution in [1.29, 1.82) is 0 Å². The van der Waals surface area contributed by atoms with Gasteiger partial charge in [0.1, 0.15) is 0 Å². The minimum Gasteiger partial charge on any atom is -0.301 e. The van der Waals surface area contributed by atoms with Crippen LogP contribution in [-0.4, -0.2) is 10.9 Å². The summed E-state index contributed by atoms with van der Waals surface area (Å²) in [7, 11) is 0. The van der Waals surface area contributed by atoms with E-state index in [1.54, 1.807) is 6.20 Å². The van der Waals surface area contributed by atoms with E-state index in [2.05, 4.69) is 65.8 Å². The second-order valence-corrected chi connectivity index (χ2v) is 7.41. The highest BCUT2D eigenvalue weighted by Gasteiger charge is 2.50. The van der Waals surface area contributed by atoms with Crippen molar-refractivity contribution in [1.82, 2.24) is 4.98 Å². The summed E-state index contributed by atoms with van der Waals surface area (Å²) in [6.45, 7) is 2.11. The maximum atomic E-state index is 13.4. The maximum absolute atomic E-state index is 13.4. The van der Waals surface area contributed by atoms with E-state index in [1.165, 1.54) is 28.0 Å². The molecule has 0 fully saturated rings. The molecule has 1 heterocycles. The Morgan fingerprint density at radius 1 is 1.20 bits per heavy atom. The van der Waals surface area contributed by atoms with Gasteiger partial charge < -0.3 is 5.32 Å². The summed E-state index contributed by atoms with van der Waals surface area (Å²) in [5, 5.41) is 5.61. The zero-order valence-electron chi connectivity index (χ0n) is 14.1. The first-order valence-corrected chi connectivity index (χ1v) is 9.46. The van der Waals surface area contributed by atoms with Crippen LogP contribution in [0.4, 0.5) is 5.13 Å². The van der Waals surface area contributed by atoms with Crippen molar-refractivity contribution >= 4 is 22.4 Å². The molecule has 2 aromatic carbocycles. The monoisotopic (exact) mass is 348 g/mol. The molecule has 0 spiro atoms. The number of rotatable bonds is 4. The molecule has 25 heavy (non-hydrogen) atoms. The molecule has 1 aromatic heterocycles. The number of fused-ring (bicyclic) bond motifs is 1. The number of carbonyl (C=O) groups is 1. The summed E-state index contributed by atoms with van der Waals surface area (Å²) in [5.41, 5.74) is 3.25. The SMILES string of the molecule is CC[C@@]1(C(=O)Nc2nccs2)Cc2ccccc2[C@@H]1c1ccccc1. The predicted octanol–water partition coefficient (Wildman–Crippen LogP) is 4.87. The Kier molecular flexibility index (Phi) is 4.14. The minimum absolute atomic E-state index is 0.0647. The van der Waals surface area contributed by atoms with E-state index in [-0.39, 0.29) is 11.8 Å². The van der Waals surface area contributed by atoms with Crippen LogP contribution >= 0.6 is 11.3 Å². The summed E-state index contributed by atoms with van der Waals surface area (Å²) in [6, 6.07) is 18.8. The van der Waals surface area contributed by atoms with Crippen molar-refractivity contribution in [3.05, 3.63) is 82.9 Å². The Morgan fingerprint density at radius 2 is 1.96 bits per heavy atom. The van der Waals surface area contributed by atoms with Gasteiger partial charge in [-0.15, -0.1) is 11.3 Å². The molecule has 1 N–H and O–H groups in total. The van der Waals surface area contributed by atoms with Gasteiger partial charge in [-0.2, -0.15) is 0 Å². The highest BCUT2D eigenvalue weighted by Crippen LogP contribution is 2.53. The number of aromatic nitrogens is 1. The van der Waals surface area contributed by atoms with Crippen LogP contribution in [0.5, 0.6) is 0 Å². The maximum Gasteiger partial charge on any atom is 0.233 e. The Morgan fingerprint density at radius 3 is 2.68 bits per heavy atom. The average molecular weight is 348 g/mol. The smallest absolute Gasteiger partial charge is 0.233 e. The molecule has 0 saturated heterocycles. The van der Waals surface area contributed by atoms with E-state index in [4.69, 9.17) is 0 Å². The van der Waals surface area contributed by atoms with Gasteiger partial charge in [0, 0.05) is 17.5 Å².